The number of carbonyl (C=O) groups excluding carboxylic acids is 2. The van der Waals surface area contributed by atoms with Crippen LogP contribution in [-0.2, 0) is 9.53 Å². The molecule has 0 aliphatic carbocycles. The van der Waals surface area contributed by atoms with Gasteiger partial charge in [-0.25, -0.2) is 9.59 Å². The molecule has 36 heavy (non-hydrogen) atoms. The van der Waals surface area contributed by atoms with Crippen LogP contribution in [0.25, 0.3) is 21.4 Å². The molecule has 1 amide bonds. The summed E-state index contributed by atoms with van der Waals surface area (Å²) in [5.74, 6) is -0.857. The first-order valence-corrected chi connectivity index (χ1v) is 11.6. The van der Waals surface area contributed by atoms with Gasteiger partial charge >= 0.3 is 11.6 Å². The average Bonchev–Trinajstić information content (AvgIpc) is 3.26. The van der Waals surface area contributed by atoms with E-state index in [1.165, 1.54) is 30.3 Å². The molecule has 11 heteroatoms. The molecule has 10 nitrogen and oxygen atoms in total. The molecule has 0 aliphatic heterocycles. The number of anilines is 1. The zero-order valence-electron chi connectivity index (χ0n) is 19.2. The van der Waals surface area contributed by atoms with Gasteiger partial charge in [0.1, 0.15) is 16.2 Å². The molecule has 0 spiro atoms. The van der Waals surface area contributed by atoms with Crippen molar-refractivity contribution in [3.05, 3.63) is 85.6 Å². The van der Waals surface area contributed by atoms with E-state index >= 15 is 0 Å². The molecule has 184 valence electrons. The molecule has 2 aromatic carbocycles. The number of nitrogens with one attached hydrogen (secondary N) is 1. The summed E-state index contributed by atoms with van der Waals surface area (Å²) in [5, 5.41) is 14.5. The van der Waals surface area contributed by atoms with Crippen molar-refractivity contribution in [3.8, 4) is 16.2 Å². The van der Waals surface area contributed by atoms with Crippen LogP contribution >= 0.6 is 11.3 Å². The second kappa shape index (κ2) is 10.4. The summed E-state index contributed by atoms with van der Waals surface area (Å²) in [4.78, 5) is 48.1. The number of nitro groups is 1. The van der Waals surface area contributed by atoms with Crippen LogP contribution in [0.3, 0.4) is 0 Å². The largest absolute Gasteiger partial charge is 0.484 e. The second-order valence-electron chi connectivity index (χ2n) is 7.62. The number of non-ortho nitro benzene ring substituents is 1. The molecule has 1 N–H and O–H groups in total. The van der Waals surface area contributed by atoms with Crippen molar-refractivity contribution in [1.29, 1.82) is 0 Å². The van der Waals surface area contributed by atoms with Gasteiger partial charge in [-0.2, -0.15) is 0 Å². The van der Waals surface area contributed by atoms with Crippen molar-refractivity contribution in [3.63, 3.8) is 0 Å². The SMILES string of the molecule is CCOC(=O)c1sc(-c2cccc([N+](=O)[O-])c2)cc1NC(=O)COc1ccc2c(C)cc(=O)oc2c1. The lowest BCUT2D eigenvalue weighted by atomic mass is 10.1. The van der Waals surface area contributed by atoms with Crippen molar-refractivity contribution in [2.75, 3.05) is 18.5 Å². The number of hydrogen-bond acceptors (Lipinski definition) is 9. The van der Waals surface area contributed by atoms with E-state index in [0.29, 0.717) is 21.8 Å². The number of rotatable bonds is 8. The first kappa shape index (κ1) is 24.6. The summed E-state index contributed by atoms with van der Waals surface area (Å²) in [6.45, 7) is 3.20. The molecule has 4 rings (SSSR count). The third kappa shape index (κ3) is 5.41. The van der Waals surface area contributed by atoms with Crippen LogP contribution in [-0.4, -0.2) is 30.0 Å². The number of carbonyl (C=O) groups is 2. The summed E-state index contributed by atoms with van der Waals surface area (Å²) in [7, 11) is 0. The Hall–Kier alpha value is -4.51. The lowest BCUT2D eigenvalue weighted by molar-refractivity contribution is -0.384. The van der Waals surface area contributed by atoms with Gasteiger partial charge in [-0.1, -0.05) is 12.1 Å². The lowest BCUT2D eigenvalue weighted by Gasteiger charge is -2.09. The second-order valence-corrected chi connectivity index (χ2v) is 8.68. The van der Waals surface area contributed by atoms with Crippen LogP contribution in [0.2, 0.25) is 0 Å². The van der Waals surface area contributed by atoms with E-state index in [4.69, 9.17) is 13.9 Å². The Labute approximate surface area is 208 Å². The normalized spacial score (nSPS) is 10.7. The highest BCUT2D eigenvalue weighted by Gasteiger charge is 2.21. The number of fused-ring (bicyclic) bond motifs is 1. The van der Waals surface area contributed by atoms with Crippen LogP contribution in [0.1, 0.15) is 22.2 Å². The van der Waals surface area contributed by atoms with E-state index in [-0.39, 0.29) is 29.5 Å². The standard InChI is InChI=1S/C25H20N2O8S/c1-3-33-25(30)24-19(12-21(36-24)15-5-4-6-16(10-15)27(31)32)26-22(28)13-34-17-7-8-18-14(2)9-23(29)35-20(18)11-17/h4-12H,3,13H2,1-2H3,(H,26,28). The fourth-order valence-electron chi connectivity index (χ4n) is 3.48. The Morgan fingerprint density at radius 2 is 1.94 bits per heavy atom. The van der Waals surface area contributed by atoms with Gasteiger partial charge in [-0.05, 0) is 43.2 Å². The van der Waals surface area contributed by atoms with Crippen molar-refractivity contribution < 1.29 is 28.4 Å². The molecule has 0 fully saturated rings. The highest BCUT2D eigenvalue weighted by Crippen LogP contribution is 2.36. The van der Waals surface area contributed by atoms with Crippen molar-refractivity contribution >= 4 is 45.6 Å². The molecule has 0 saturated heterocycles. The molecule has 2 aromatic heterocycles. The van der Waals surface area contributed by atoms with Crippen molar-refractivity contribution in [2.24, 2.45) is 0 Å². The Morgan fingerprint density at radius 3 is 2.69 bits per heavy atom. The maximum Gasteiger partial charge on any atom is 0.350 e. The van der Waals surface area contributed by atoms with E-state index in [2.05, 4.69) is 5.32 Å². The first-order chi connectivity index (χ1) is 17.2. The number of ether oxygens (including phenoxy) is 2. The molecule has 0 radical (unpaired) electrons. The topological polar surface area (TPSA) is 138 Å². The van der Waals surface area contributed by atoms with Crippen LogP contribution in [0.4, 0.5) is 11.4 Å². The highest BCUT2D eigenvalue weighted by molar-refractivity contribution is 7.18. The number of thiophene rings is 1. The molecule has 0 aliphatic rings. The maximum atomic E-state index is 12.6. The first-order valence-electron chi connectivity index (χ1n) is 10.8. The fourth-order valence-corrected chi connectivity index (χ4v) is 4.48. The van der Waals surface area contributed by atoms with Gasteiger partial charge in [-0.3, -0.25) is 14.9 Å². The Balaban J connectivity index is 1.54. The molecule has 0 atom stereocenters. The Kier molecular flexibility index (Phi) is 7.11. The zero-order chi connectivity index (χ0) is 25.8. The van der Waals surface area contributed by atoms with Gasteiger partial charge in [0, 0.05) is 34.5 Å². The minimum Gasteiger partial charge on any atom is -0.484 e. The number of amides is 1. The summed E-state index contributed by atoms with van der Waals surface area (Å²) >= 11 is 1.05. The molecule has 2 heterocycles. The third-order valence-corrected chi connectivity index (χ3v) is 6.27. The zero-order valence-corrected chi connectivity index (χ0v) is 20.0. The van der Waals surface area contributed by atoms with Crippen molar-refractivity contribution in [2.45, 2.75) is 13.8 Å². The van der Waals surface area contributed by atoms with Gasteiger partial charge in [-0.15, -0.1) is 11.3 Å². The van der Waals surface area contributed by atoms with Crippen LogP contribution in [0.15, 0.2) is 63.8 Å². The van der Waals surface area contributed by atoms with Gasteiger partial charge < -0.3 is 19.2 Å². The summed E-state index contributed by atoms with van der Waals surface area (Å²) in [5.41, 5.74) is 1.23. The van der Waals surface area contributed by atoms with Gasteiger partial charge in [0.15, 0.2) is 6.61 Å². The molecule has 0 bridgehead atoms. The number of nitrogens with zero attached hydrogens (tertiary/aromatic N) is 1. The average molecular weight is 509 g/mol. The Bertz CT molecular complexity index is 1540. The van der Waals surface area contributed by atoms with E-state index in [1.54, 1.807) is 38.1 Å². The number of nitro benzene ring substituents is 1. The predicted molar refractivity (Wildman–Crippen MR) is 134 cm³/mol. The lowest BCUT2D eigenvalue weighted by Crippen LogP contribution is -2.21. The predicted octanol–water partition coefficient (Wildman–Crippen LogP) is 4.93. The summed E-state index contributed by atoms with van der Waals surface area (Å²) < 4.78 is 15.8. The smallest absolute Gasteiger partial charge is 0.350 e. The quantitative estimate of drug-likeness (QED) is 0.153. The van der Waals surface area contributed by atoms with Crippen LogP contribution < -0.4 is 15.7 Å². The number of esters is 1. The molecular formula is C25H20N2O8S. The highest BCUT2D eigenvalue weighted by atomic mass is 32.1. The number of hydrogen-bond donors (Lipinski definition) is 1. The molecule has 0 unspecified atom stereocenters. The molecular weight excluding hydrogens is 488 g/mol. The van der Waals surface area contributed by atoms with E-state index in [9.17, 15) is 24.5 Å². The summed E-state index contributed by atoms with van der Waals surface area (Å²) in [6, 6.07) is 13.8. The monoisotopic (exact) mass is 508 g/mol. The number of benzene rings is 2. The van der Waals surface area contributed by atoms with Gasteiger partial charge in [0.25, 0.3) is 11.6 Å². The van der Waals surface area contributed by atoms with E-state index in [1.807, 2.05) is 0 Å². The van der Waals surface area contributed by atoms with Gasteiger partial charge in [0.2, 0.25) is 0 Å². The van der Waals surface area contributed by atoms with Gasteiger partial charge in [0.05, 0.1) is 17.2 Å². The fraction of sp³-hybridized carbons (Fsp3) is 0.160. The summed E-state index contributed by atoms with van der Waals surface area (Å²) in [6.07, 6.45) is 0. The maximum absolute atomic E-state index is 12.6. The third-order valence-electron chi connectivity index (χ3n) is 5.10. The molecule has 4 aromatic rings. The number of aryl methyl sites for hydroxylation is 1. The van der Waals surface area contributed by atoms with Crippen molar-refractivity contribution in [1.82, 2.24) is 0 Å². The van der Waals surface area contributed by atoms with E-state index < -0.39 is 22.4 Å². The van der Waals surface area contributed by atoms with Crippen LogP contribution in [0.5, 0.6) is 5.75 Å². The van der Waals surface area contributed by atoms with E-state index in [0.717, 1.165) is 22.3 Å². The minimum atomic E-state index is -0.629. The Morgan fingerprint density at radius 1 is 1.14 bits per heavy atom. The minimum absolute atomic E-state index is 0.0982. The van der Waals surface area contributed by atoms with Crippen LogP contribution in [0, 0.1) is 17.0 Å². The molecule has 0 saturated carbocycles.